The van der Waals surface area contributed by atoms with Crippen LogP contribution in [0.3, 0.4) is 0 Å². The van der Waals surface area contributed by atoms with Crippen molar-refractivity contribution in [3.8, 4) is 0 Å². The number of ether oxygens (including phenoxy) is 1. The number of rotatable bonds is 3. The fourth-order valence-electron chi connectivity index (χ4n) is 1.58. The number of nitrogens with one attached hydrogen (secondary N) is 1. The Balaban J connectivity index is 2.54. The average molecular weight is 233 g/mol. The maximum atomic E-state index is 11.2. The quantitative estimate of drug-likeness (QED) is 0.611. The Hall–Kier alpha value is -2.21. The average Bonchev–Trinajstić information content (AvgIpc) is 2.39. The van der Waals surface area contributed by atoms with Crippen LogP contribution in [0.5, 0.6) is 0 Å². The lowest BCUT2D eigenvalue weighted by Crippen LogP contribution is -2.08. The lowest BCUT2D eigenvalue weighted by molar-refractivity contribution is -0.139. The van der Waals surface area contributed by atoms with Crippen molar-refractivity contribution in [2.75, 3.05) is 12.6 Å². The molecule has 0 unspecified atom stereocenters. The van der Waals surface area contributed by atoms with Gasteiger partial charge in [0.25, 0.3) is 0 Å². The molecule has 88 valence electrons. The zero-order chi connectivity index (χ0) is 12.3. The number of aromatic nitrogens is 2. The number of nitrogens with zero attached hydrogens (tertiary/aromatic N) is 2. The van der Waals surface area contributed by atoms with Crippen molar-refractivity contribution in [3.63, 3.8) is 0 Å². The van der Waals surface area contributed by atoms with Gasteiger partial charge < -0.3 is 4.74 Å². The van der Waals surface area contributed by atoms with Gasteiger partial charge in [-0.15, -0.1) is 5.10 Å². The highest BCUT2D eigenvalue weighted by Gasteiger charge is 2.11. The van der Waals surface area contributed by atoms with Crippen molar-refractivity contribution in [1.82, 2.24) is 10.2 Å². The Morgan fingerprint density at radius 2 is 2.06 bits per heavy atom. The van der Waals surface area contributed by atoms with Gasteiger partial charge in [0.1, 0.15) is 0 Å². The van der Waals surface area contributed by atoms with Crippen LogP contribution in [0, 0.1) is 0 Å². The van der Waals surface area contributed by atoms with E-state index < -0.39 is 0 Å². The topological polar surface area (TPSA) is 84.3 Å². The van der Waals surface area contributed by atoms with E-state index in [1.54, 1.807) is 6.07 Å². The molecule has 1 aromatic carbocycles. The number of anilines is 1. The summed E-state index contributed by atoms with van der Waals surface area (Å²) in [6.07, 6.45) is 0.0513. The molecule has 0 amide bonds. The highest BCUT2D eigenvalue weighted by Crippen LogP contribution is 2.22. The van der Waals surface area contributed by atoms with Gasteiger partial charge >= 0.3 is 5.97 Å². The van der Waals surface area contributed by atoms with Gasteiger partial charge in [0, 0.05) is 10.8 Å². The van der Waals surface area contributed by atoms with Gasteiger partial charge in [-0.3, -0.25) is 15.5 Å². The number of esters is 1. The zero-order valence-corrected chi connectivity index (χ0v) is 9.17. The van der Waals surface area contributed by atoms with Crippen LogP contribution in [-0.4, -0.2) is 28.5 Å². The number of benzene rings is 1. The molecule has 0 spiro atoms. The maximum absolute atomic E-state index is 11.2. The van der Waals surface area contributed by atoms with E-state index in [2.05, 4.69) is 14.9 Å². The predicted octanol–water partition coefficient (Wildman–Crippen LogP) is 1.15. The molecule has 0 saturated heterocycles. The third kappa shape index (κ3) is 2.16. The monoisotopic (exact) mass is 233 g/mol. The van der Waals surface area contributed by atoms with E-state index in [9.17, 15) is 4.79 Å². The van der Waals surface area contributed by atoms with E-state index in [1.807, 2.05) is 23.7 Å². The Bertz CT molecular complexity index is 557. The molecule has 6 nitrogen and oxygen atoms in total. The number of carbonyl (C=O) groups excluding carboxylic acids is 1. The predicted molar refractivity (Wildman–Crippen MR) is 60.7 cm³/mol. The maximum Gasteiger partial charge on any atom is 0.311 e. The molecule has 0 aliphatic heterocycles. The molecule has 0 radical (unpaired) electrons. The Morgan fingerprint density at radius 1 is 1.35 bits per heavy atom. The molecule has 0 bridgehead atoms. The lowest BCUT2D eigenvalue weighted by atomic mass is 10.1. The molecule has 17 heavy (non-hydrogen) atoms. The van der Waals surface area contributed by atoms with Gasteiger partial charge in [0.15, 0.2) is 5.82 Å². The molecule has 2 aromatic rings. The first-order valence-corrected chi connectivity index (χ1v) is 4.97. The molecule has 1 aromatic heterocycles. The van der Waals surface area contributed by atoms with Gasteiger partial charge in [-0.2, -0.15) is 5.10 Å². The first-order valence-electron chi connectivity index (χ1n) is 4.97. The van der Waals surface area contributed by atoms with Crippen LogP contribution in [0.1, 0.15) is 5.69 Å². The Kier molecular flexibility index (Phi) is 3.15. The van der Waals surface area contributed by atoms with Crippen LogP contribution >= 0.6 is 0 Å². The summed E-state index contributed by atoms with van der Waals surface area (Å²) in [5, 5.41) is 18.0. The zero-order valence-electron chi connectivity index (χ0n) is 9.17. The van der Waals surface area contributed by atoms with E-state index in [0.29, 0.717) is 11.1 Å². The van der Waals surface area contributed by atoms with Crippen LogP contribution in [0.15, 0.2) is 24.3 Å². The van der Waals surface area contributed by atoms with Crippen molar-refractivity contribution in [3.05, 3.63) is 30.0 Å². The number of hydrogen-bond acceptors (Lipinski definition) is 6. The number of hydrogen-bond donors (Lipinski definition) is 2. The van der Waals surface area contributed by atoms with Crippen molar-refractivity contribution in [1.29, 1.82) is 0 Å². The molecular weight excluding hydrogens is 222 g/mol. The first-order chi connectivity index (χ1) is 8.26. The Morgan fingerprint density at radius 3 is 2.71 bits per heavy atom. The van der Waals surface area contributed by atoms with Crippen molar-refractivity contribution in [2.24, 2.45) is 0 Å². The molecule has 2 N–H and O–H groups in total. The minimum Gasteiger partial charge on any atom is -0.469 e. The van der Waals surface area contributed by atoms with Gasteiger partial charge in [-0.1, -0.05) is 24.3 Å². The fourth-order valence-corrected chi connectivity index (χ4v) is 1.58. The summed E-state index contributed by atoms with van der Waals surface area (Å²) in [6, 6.07) is 7.23. The molecule has 0 fully saturated rings. The molecule has 0 saturated carbocycles. The minimum atomic E-state index is -0.380. The normalized spacial score (nSPS) is 10.2. The van der Waals surface area contributed by atoms with Crippen LogP contribution in [0.25, 0.3) is 10.8 Å². The summed E-state index contributed by atoms with van der Waals surface area (Å²) >= 11 is 0. The fraction of sp³-hybridized carbons (Fsp3) is 0.182. The van der Waals surface area contributed by atoms with Gasteiger partial charge in [0.05, 0.1) is 19.2 Å². The van der Waals surface area contributed by atoms with Gasteiger partial charge in [-0.05, 0) is 0 Å². The van der Waals surface area contributed by atoms with Crippen LogP contribution in [0.2, 0.25) is 0 Å². The second-order valence-electron chi connectivity index (χ2n) is 3.41. The van der Waals surface area contributed by atoms with Gasteiger partial charge in [0.2, 0.25) is 0 Å². The molecule has 0 atom stereocenters. The molecule has 2 rings (SSSR count). The first kappa shape index (κ1) is 11.3. The third-order valence-corrected chi connectivity index (χ3v) is 2.41. The molecule has 0 aliphatic carbocycles. The van der Waals surface area contributed by atoms with E-state index >= 15 is 0 Å². The van der Waals surface area contributed by atoms with E-state index in [1.165, 1.54) is 7.11 Å². The Labute approximate surface area is 97.2 Å². The summed E-state index contributed by atoms with van der Waals surface area (Å²) in [6.45, 7) is 0. The third-order valence-electron chi connectivity index (χ3n) is 2.41. The molecule has 1 heterocycles. The summed E-state index contributed by atoms with van der Waals surface area (Å²) in [7, 11) is 1.32. The highest BCUT2D eigenvalue weighted by atomic mass is 16.5. The largest absolute Gasteiger partial charge is 0.469 e. The van der Waals surface area contributed by atoms with E-state index in [-0.39, 0.29) is 18.2 Å². The molecule has 6 heteroatoms. The van der Waals surface area contributed by atoms with Crippen molar-refractivity contribution < 1.29 is 14.7 Å². The number of carbonyl (C=O) groups is 1. The smallest absolute Gasteiger partial charge is 0.311 e. The lowest BCUT2D eigenvalue weighted by Gasteiger charge is -2.07. The number of fused-ring (bicyclic) bond motifs is 1. The summed E-state index contributed by atoms with van der Waals surface area (Å²) in [5.41, 5.74) is 2.49. The second-order valence-corrected chi connectivity index (χ2v) is 3.41. The van der Waals surface area contributed by atoms with Crippen molar-refractivity contribution >= 4 is 22.6 Å². The standard InChI is InChI=1S/C11H11N3O3/c1-17-10(15)6-9-7-4-2-3-5-8(7)11(14-16)13-12-9/h2-5,16H,6H2,1H3,(H,13,14). The van der Waals surface area contributed by atoms with Crippen molar-refractivity contribution in [2.45, 2.75) is 6.42 Å². The van der Waals surface area contributed by atoms with E-state index in [0.717, 1.165) is 5.39 Å². The summed E-state index contributed by atoms with van der Waals surface area (Å²) in [5.74, 6) is -0.122. The van der Waals surface area contributed by atoms with E-state index in [4.69, 9.17) is 5.21 Å². The summed E-state index contributed by atoms with van der Waals surface area (Å²) in [4.78, 5) is 11.2. The molecule has 0 aliphatic rings. The number of methoxy groups -OCH3 is 1. The minimum absolute atomic E-state index is 0.0513. The molecular formula is C11H11N3O3. The SMILES string of the molecule is COC(=O)Cc1nnc(NO)c2ccccc12. The van der Waals surface area contributed by atoms with Crippen LogP contribution in [0.4, 0.5) is 5.82 Å². The van der Waals surface area contributed by atoms with Crippen LogP contribution < -0.4 is 5.48 Å². The van der Waals surface area contributed by atoms with Crippen LogP contribution in [-0.2, 0) is 16.0 Å². The second kappa shape index (κ2) is 4.75. The van der Waals surface area contributed by atoms with Gasteiger partial charge in [-0.25, -0.2) is 0 Å². The summed E-state index contributed by atoms with van der Waals surface area (Å²) < 4.78 is 4.59. The highest BCUT2D eigenvalue weighted by molar-refractivity contribution is 5.94.